The van der Waals surface area contributed by atoms with Gasteiger partial charge in [-0.25, -0.2) is 11.3 Å². The average molecular weight is 487 g/mol. The minimum absolute atomic E-state index is 0.0372. The summed E-state index contributed by atoms with van der Waals surface area (Å²) in [7, 11) is 1.85. The Morgan fingerprint density at radius 3 is 2.47 bits per heavy atom. The maximum Gasteiger partial charge on any atom is 0.419 e. The maximum atomic E-state index is 14.8. The summed E-state index contributed by atoms with van der Waals surface area (Å²) in [5.41, 5.74) is 8.09. The summed E-state index contributed by atoms with van der Waals surface area (Å²) in [6.45, 7) is 16.6. The van der Waals surface area contributed by atoms with E-state index in [-0.39, 0.29) is 36.0 Å². The third kappa shape index (κ3) is 5.89. The van der Waals surface area contributed by atoms with Gasteiger partial charge in [-0.3, -0.25) is 4.84 Å². The van der Waals surface area contributed by atoms with Crippen molar-refractivity contribution < 1.29 is 18.0 Å². The highest BCUT2D eigenvalue weighted by Gasteiger charge is 2.69. The van der Waals surface area contributed by atoms with Gasteiger partial charge in [-0.15, -0.1) is 0 Å². The monoisotopic (exact) mass is 486 g/mol. The van der Waals surface area contributed by atoms with E-state index in [4.69, 9.17) is 10.7 Å². The molecule has 8 heteroatoms. The Morgan fingerprint density at radius 2 is 1.97 bits per heavy atom. The second-order valence-corrected chi connectivity index (χ2v) is 10.8. The quantitative estimate of drug-likeness (QED) is 0.148. The predicted molar refractivity (Wildman–Crippen MR) is 132 cm³/mol. The van der Waals surface area contributed by atoms with Crippen molar-refractivity contribution in [3.05, 3.63) is 35.1 Å². The minimum Gasteiger partial charge on any atom is -0.324 e. The number of hydrogen-bond donors (Lipinski definition) is 4. The number of alkyl halides is 3. The lowest BCUT2D eigenvalue weighted by Gasteiger charge is -2.43. The molecule has 1 saturated carbocycles. The highest BCUT2D eigenvalue weighted by atomic mass is 19.4. The molecule has 0 bridgehead atoms. The van der Waals surface area contributed by atoms with Crippen LogP contribution in [0.15, 0.2) is 35.1 Å². The first kappa shape index (κ1) is 28.9. The Labute approximate surface area is 203 Å². The Hall–Kier alpha value is -1.35. The molecule has 0 aromatic carbocycles. The summed E-state index contributed by atoms with van der Waals surface area (Å²) >= 11 is 0. The standard InChI is InChI=1S/C26H45F3N4O/c1-15(2)11-21-22(16(3)4)13-25(34-30,26(27,28)29)24(21)19(7)20-12-23(33-32-14-31-8)18(6)10-9-17(20)5/h11,17,19-22,24,31-33H,3,9-10,12-14,30H2,1-2,4-8H3/t17-,19+,20+,21+,22-,24+,25-/m0/s1. The van der Waals surface area contributed by atoms with E-state index in [0.29, 0.717) is 13.1 Å². The van der Waals surface area contributed by atoms with Crippen molar-refractivity contribution in [3.63, 3.8) is 0 Å². The van der Waals surface area contributed by atoms with Gasteiger partial charge in [-0.2, -0.15) is 13.2 Å². The highest BCUT2D eigenvalue weighted by Crippen LogP contribution is 2.60. The van der Waals surface area contributed by atoms with E-state index in [1.165, 1.54) is 5.57 Å². The normalized spacial score (nSPS) is 33.4. The fourth-order valence-corrected chi connectivity index (χ4v) is 6.33. The van der Waals surface area contributed by atoms with Crippen LogP contribution in [0.3, 0.4) is 0 Å². The van der Waals surface area contributed by atoms with E-state index in [9.17, 15) is 13.2 Å². The molecule has 2 rings (SSSR count). The summed E-state index contributed by atoms with van der Waals surface area (Å²) in [6, 6.07) is 0. The number of nitrogens with two attached hydrogens (primary N) is 1. The van der Waals surface area contributed by atoms with Crippen LogP contribution in [0.2, 0.25) is 0 Å². The fourth-order valence-electron chi connectivity index (χ4n) is 6.33. The first-order valence-corrected chi connectivity index (χ1v) is 12.4. The Balaban J connectivity index is 2.56. The van der Waals surface area contributed by atoms with Crippen LogP contribution in [0.25, 0.3) is 0 Å². The first-order valence-electron chi connectivity index (χ1n) is 12.4. The molecule has 0 amide bonds. The van der Waals surface area contributed by atoms with E-state index in [1.807, 2.05) is 40.8 Å². The molecule has 5 N–H and O–H groups in total. The van der Waals surface area contributed by atoms with Crippen LogP contribution >= 0.6 is 0 Å². The minimum atomic E-state index is -4.59. The van der Waals surface area contributed by atoms with Crippen molar-refractivity contribution in [2.45, 2.75) is 79.0 Å². The van der Waals surface area contributed by atoms with Crippen molar-refractivity contribution in [2.75, 3.05) is 13.7 Å². The average Bonchev–Trinajstić information content (AvgIpc) is 3.01. The van der Waals surface area contributed by atoms with Crippen LogP contribution in [-0.2, 0) is 4.84 Å². The molecule has 0 heterocycles. The van der Waals surface area contributed by atoms with Crippen LogP contribution in [-0.4, -0.2) is 25.5 Å². The maximum absolute atomic E-state index is 14.8. The number of halogens is 3. The number of hydrogen-bond acceptors (Lipinski definition) is 5. The molecule has 0 spiro atoms. The predicted octanol–water partition coefficient (Wildman–Crippen LogP) is 5.59. The van der Waals surface area contributed by atoms with Crippen LogP contribution in [0.5, 0.6) is 0 Å². The Bertz CT molecular complexity index is 774. The summed E-state index contributed by atoms with van der Waals surface area (Å²) < 4.78 is 44.3. The van der Waals surface area contributed by atoms with Crippen LogP contribution in [0, 0.1) is 35.5 Å². The first-order chi connectivity index (χ1) is 15.8. The van der Waals surface area contributed by atoms with Gasteiger partial charge in [0.25, 0.3) is 0 Å². The van der Waals surface area contributed by atoms with E-state index in [0.717, 1.165) is 29.7 Å². The molecule has 0 unspecified atom stereocenters. The van der Waals surface area contributed by atoms with Gasteiger partial charge in [0, 0.05) is 11.6 Å². The smallest absolute Gasteiger partial charge is 0.324 e. The second kappa shape index (κ2) is 11.6. The van der Waals surface area contributed by atoms with E-state index >= 15 is 0 Å². The fraction of sp³-hybridized carbons (Fsp3) is 0.769. The molecule has 34 heavy (non-hydrogen) atoms. The highest BCUT2D eigenvalue weighted by molar-refractivity contribution is 5.22. The molecule has 2 aliphatic carbocycles. The van der Waals surface area contributed by atoms with Gasteiger partial charge in [-0.1, -0.05) is 43.2 Å². The molecule has 0 aliphatic heterocycles. The van der Waals surface area contributed by atoms with Gasteiger partial charge in [0.1, 0.15) is 0 Å². The topological polar surface area (TPSA) is 71.3 Å². The summed E-state index contributed by atoms with van der Waals surface area (Å²) in [6.07, 6.45) is -0.265. The SMILES string of the molecule is C=C(C)[C@@H]1C[C@@](ON)(C(F)(F)F)[C@H]([C@H](C)[C@@H]2CC(NNCNC)=C(C)CC[C@@H]2C)[C@@H]1C=C(C)C. The van der Waals surface area contributed by atoms with Crippen molar-refractivity contribution in [3.8, 4) is 0 Å². The van der Waals surface area contributed by atoms with Crippen molar-refractivity contribution in [2.24, 2.45) is 41.4 Å². The molecule has 1 fully saturated rings. The van der Waals surface area contributed by atoms with Gasteiger partial charge in [0.2, 0.25) is 0 Å². The lowest BCUT2D eigenvalue weighted by Crippen LogP contribution is -2.56. The molecule has 0 radical (unpaired) electrons. The van der Waals surface area contributed by atoms with E-state index < -0.39 is 17.7 Å². The molecular formula is C26H45F3N4O. The van der Waals surface area contributed by atoms with Crippen molar-refractivity contribution >= 4 is 0 Å². The van der Waals surface area contributed by atoms with Gasteiger partial charge < -0.3 is 10.7 Å². The van der Waals surface area contributed by atoms with E-state index in [2.05, 4.69) is 36.6 Å². The zero-order valence-electron chi connectivity index (χ0n) is 21.9. The Kier molecular flexibility index (Phi) is 9.85. The van der Waals surface area contributed by atoms with Crippen LogP contribution in [0.1, 0.15) is 67.2 Å². The van der Waals surface area contributed by atoms with Crippen LogP contribution < -0.4 is 22.1 Å². The lowest BCUT2D eigenvalue weighted by atomic mass is 9.66. The lowest BCUT2D eigenvalue weighted by molar-refractivity contribution is -0.301. The van der Waals surface area contributed by atoms with Gasteiger partial charge in [0.15, 0.2) is 5.60 Å². The largest absolute Gasteiger partial charge is 0.419 e. The third-order valence-corrected chi connectivity index (χ3v) is 8.20. The molecule has 2 aliphatic rings. The zero-order chi connectivity index (χ0) is 25.8. The Morgan fingerprint density at radius 1 is 1.32 bits per heavy atom. The van der Waals surface area contributed by atoms with E-state index in [1.54, 1.807) is 0 Å². The molecule has 196 valence electrons. The van der Waals surface area contributed by atoms with Crippen molar-refractivity contribution in [1.29, 1.82) is 0 Å². The number of hydrazine groups is 1. The molecule has 7 atom stereocenters. The molecule has 0 aromatic rings. The molecule has 0 saturated heterocycles. The summed E-state index contributed by atoms with van der Waals surface area (Å²) in [5.74, 6) is 4.06. The molecule has 0 aromatic heterocycles. The summed E-state index contributed by atoms with van der Waals surface area (Å²) in [5, 5.41) is 3.03. The van der Waals surface area contributed by atoms with Crippen molar-refractivity contribution in [1.82, 2.24) is 16.2 Å². The van der Waals surface area contributed by atoms with Gasteiger partial charge in [-0.05, 0) is 90.0 Å². The number of rotatable bonds is 9. The van der Waals surface area contributed by atoms with Gasteiger partial charge in [0.05, 0.1) is 6.67 Å². The number of allylic oxidation sites excluding steroid dienone is 5. The van der Waals surface area contributed by atoms with Gasteiger partial charge >= 0.3 is 6.18 Å². The second-order valence-electron chi connectivity index (χ2n) is 10.8. The van der Waals surface area contributed by atoms with Crippen LogP contribution in [0.4, 0.5) is 13.2 Å². The zero-order valence-corrected chi connectivity index (χ0v) is 21.9. The third-order valence-electron chi connectivity index (χ3n) is 8.20. The number of nitrogens with one attached hydrogen (secondary N) is 3. The molecule has 5 nitrogen and oxygen atoms in total. The molecular weight excluding hydrogens is 441 g/mol. The summed E-state index contributed by atoms with van der Waals surface area (Å²) in [4.78, 5) is 5.03.